The van der Waals surface area contributed by atoms with E-state index in [-0.39, 0.29) is 5.56 Å². The summed E-state index contributed by atoms with van der Waals surface area (Å²) in [6, 6.07) is 8.23. The maximum atomic E-state index is 11.9. The van der Waals surface area contributed by atoms with Gasteiger partial charge >= 0.3 is 6.18 Å². The Morgan fingerprint density at radius 2 is 2.00 bits per heavy atom. The summed E-state index contributed by atoms with van der Waals surface area (Å²) >= 11 is 0. The molecule has 1 aromatic rings. The van der Waals surface area contributed by atoms with Gasteiger partial charge in [-0.3, -0.25) is 0 Å². The van der Waals surface area contributed by atoms with E-state index in [1.165, 1.54) is 6.07 Å². The number of rotatable bonds is 1. The van der Waals surface area contributed by atoms with Gasteiger partial charge in [0.15, 0.2) is 6.10 Å². The minimum absolute atomic E-state index is 0.221. The predicted octanol–water partition coefficient (Wildman–Crippen LogP) is 1.88. The molecule has 0 heterocycles. The molecule has 0 spiro atoms. The number of aliphatic hydroxyl groups excluding tert-OH is 1. The average Bonchev–Trinajstić information content (AvgIpc) is 2.03. The fraction of sp³-hybridized carbons (Fsp3) is 0.250. The van der Waals surface area contributed by atoms with Gasteiger partial charge in [0, 0.05) is 0 Å². The summed E-state index contributed by atoms with van der Waals surface area (Å²) < 4.78 is 35.6. The van der Waals surface area contributed by atoms with Gasteiger partial charge in [0.2, 0.25) is 0 Å². The third-order valence-electron chi connectivity index (χ3n) is 1.31. The first-order valence-corrected chi connectivity index (χ1v) is 3.14. The molecule has 64 valence electrons. The van der Waals surface area contributed by atoms with E-state index in [2.05, 4.69) is 12.1 Å². The van der Waals surface area contributed by atoms with E-state index in [0.29, 0.717) is 0 Å². The standard InChI is InChI=1S/C8H5F3O/c9-8(10,11)7(12)6-4-2-1-3-5-6/h2,4-5,7,12H. The smallest absolute Gasteiger partial charge is 0.379 e. The second-order valence-corrected chi connectivity index (χ2v) is 2.21. The quantitative estimate of drug-likeness (QED) is 0.689. The van der Waals surface area contributed by atoms with Crippen LogP contribution in [0.1, 0.15) is 11.7 Å². The van der Waals surface area contributed by atoms with Crippen LogP contribution >= 0.6 is 0 Å². The lowest BCUT2D eigenvalue weighted by atomic mass is 10.1. The molecule has 12 heavy (non-hydrogen) atoms. The predicted molar refractivity (Wildman–Crippen MR) is 35.1 cm³/mol. The maximum Gasteiger partial charge on any atom is 0.418 e. The van der Waals surface area contributed by atoms with Crippen molar-refractivity contribution in [1.82, 2.24) is 0 Å². The van der Waals surface area contributed by atoms with Crippen LogP contribution in [0, 0.1) is 12.1 Å². The van der Waals surface area contributed by atoms with Crippen molar-refractivity contribution >= 4 is 0 Å². The Morgan fingerprint density at radius 3 is 2.42 bits per heavy atom. The first-order valence-electron chi connectivity index (χ1n) is 3.14. The van der Waals surface area contributed by atoms with Crippen LogP contribution in [0.15, 0.2) is 18.2 Å². The highest BCUT2D eigenvalue weighted by atomic mass is 19.4. The lowest BCUT2D eigenvalue weighted by Gasteiger charge is -2.13. The molecule has 0 aliphatic heterocycles. The molecule has 1 atom stereocenters. The van der Waals surface area contributed by atoms with Gasteiger partial charge < -0.3 is 5.11 Å². The monoisotopic (exact) mass is 174 g/mol. The third kappa shape index (κ3) is 1.89. The van der Waals surface area contributed by atoms with Crippen LogP contribution in [0.4, 0.5) is 13.2 Å². The third-order valence-corrected chi connectivity index (χ3v) is 1.31. The molecule has 0 aromatic heterocycles. The van der Waals surface area contributed by atoms with Crippen molar-refractivity contribution < 1.29 is 18.3 Å². The number of halogens is 3. The van der Waals surface area contributed by atoms with Gasteiger partial charge in [-0.05, 0) is 23.8 Å². The minimum atomic E-state index is -4.62. The lowest BCUT2D eigenvalue weighted by molar-refractivity contribution is -0.206. The topological polar surface area (TPSA) is 20.2 Å². The van der Waals surface area contributed by atoms with Gasteiger partial charge in [-0.15, -0.1) is 0 Å². The Balaban J connectivity index is 2.86. The summed E-state index contributed by atoms with van der Waals surface area (Å²) in [5.41, 5.74) is -0.221. The molecule has 4 heteroatoms. The van der Waals surface area contributed by atoms with Gasteiger partial charge in [0.1, 0.15) is 0 Å². The van der Waals surface area contributed by atoms with Crippen molar-refractivity contribution in [2.45, 2.75) is 12.3 Å². The van der Waals surface area contributed by atoms with Crippen molar-refractivity contribution in [2.75, 3.05) is 0 Å². The van der Waals surface area contributed by atoms with Crippen LogP contribution in [0.25, 0.3) is 0 Å². The fourth-order valence-corrected chi connectivity index (χ4v) is 0.718. The second kappa shape index (κ2) is 3.03. The molecule has 0 aliphatic carbocycles. The van der Waals surface area contributed by atoms with Gasteiger partial charge in [0.05, 0.1) is 0 Å². The van der Waals surface area contributed by atoms with Crippen LogP contribution in [0.2, 0.25) is 0 Å². The first kappa shape index (κ1) is 8.88. The first-order chi connectivity index (χ1) is 5.52. The van der Waals surface area contributed by atoms with Gasteiger partial charge in [-0.1, -0.05) is 12.1 Å². The molecule has 1 unspecified atom stereocenters. The van der Waals surface area contributed by atoms with E-state index in [1.54, 1.807) is 0 Å². The van der Waals surface area contributed by atoms with E-state index in [9.17, 15) is 13.2 Å². The molecular formula is C8H5F3O. The zero-order chi connectivity index (χ0) is 9.19. The fourth-order valence-electron chi connectivity index (χ4n) is 0.718. The van der Waals surface area contributed by atoms with Crippen LogP contribution in [0.3, 0.4) is 0 Å². The average molecular weight is 174 g/mol. The SMILES string of the molecule is OC(c1cc#ccc1)C(F)(F)F. The van der Waals surface area contributed by atoms with E-state index in [4.69, 9.17) is 5.11 Å². The summed E-state index contributed by atoms with van der Waals surface area (Å²) in [5, 5.41) is 8.70. The summed E-state index contributed by atoms with van der Waals surface area (Å²) in [6.45, 7) is 0. The zero-order valence-corrected chi connectivity index (χ0v) is 5.89. The molecule has 0 fully saturated rings. The molecule has 1 nitrogen and oxygen atoms in total. The van der Waals surface area contributed by atoms with Crippen molar-refractivity contribution in [2.24, 2.45) is 0 Å². The Hall–Kier alpha value is -1.21. The molecular weight excluding hydrogens is 169 g/mol. The number of alkyl halides is 3. The Kier molecular flexibility index (Phi) is 2.25. The van der Waals surface area contributed by atoms with Gasteiger partial charge in [-0.2, -0.15) is 13.2 Å². The van der Waals surface area contributed by atoms with Gasteiger partial charge in [-0.25, -0.2) is 0 Å². The van der Waals surface area contributed by atoms with Gasteiger partial charge in [0.25, 0.3) is 0 Å². The van der Waals surface area contributed by atoms with Crippen LogP contribution in [0.5, 0.6) is 0 Å². The maximum absolute atomic E-state index is 11.9. The summed E-state index contributed by atoms with van der Waals surface area (Å²) in [6.07, 6.45) is -7.04. The minimum Gasteiger partial charge on any atom is -0.379 e. The van der Waals surface area contributed by atoms with Crippen molar-refractivity contribution in [1.29, 1.82) is 0 Å². The van der Waals surface area contributed by atoms with Crippen molar-refractivity contribution in [3.63, 3.8) is 0 Å². The summed E-state index contributed by atoms with van der Waals surface area (Å²) in [4.78, 5) is 0. The molecule has 1 N–H and O–H groups in total. The highest BCUT2D eigenvalue weighted by Gasteiger charge is 2.39. The molecule has 0 saturated carbocycles. The zero-order valence-electron chi connectivity index (χ0n) is 5.89. The largest absolute Gasteiger partial charge is 0.418 e. The molecule has 0 radical (unpaired) electrons. The molecule has 1 aromatic carbocycles. The molecule has 0 bridgehead atoms. The van der Waals surface area contributed by atoms with Crippen molar-refractivity contribution in [3.8, 4) is 0 Å². The van der Waals surface area contributed by atoms with E-state index in [0.717, 1.165) is 12.1 Å². The highest BCUT2D eigenvalue weighted by Crippen LogP contribution is 2.31. The Morgan fingerprint density at radius 1 is 1.33 bits per heavy atom. The summed E-state index contributed by atoms with van der Waals surface area (Å²) in [5.74, 6) is 0. The molecule has 0 aliphatic rings. The van der Waals surface area contributed by atoms with Crippen molar-refractivity contribution in [3.05, 3.63) is 35.9 Å². The van der Waals surface area contributed by atoms with E-state index >= 15 is 0 Å². The molecule has 1 rings (SSSR count). The van der Waals surface area contributed by atoms with E-state index < -0.39 is 12.3 Å². The molecule has 0 saturated heterocycles. The number of aliphatic hydroxyl groups is 1. The van der Waals surface area contributed by atoms with Crippen LogP contribution in [-0.2, 0) is 0 Å². The van der Waals surface area contributed by atoms with Crippen LogP contribution < -0.4 is 0 Å². The highest BCUT2D eigenvalue weighted by molar-refractivity contribution is 5.14. The molecule has 0 amide bonds. The number of hydrogen-bond donors (Lipinski definition) is 1. The van der Waals surface area contributed by atoms with E-state index in [1.807, 2.05) is 0 Å². The normalized spacial score (nSPS) is 13.7. The Bertz CT molecular complexity index is 242. The lowest BCUT2D eigenvalue weighted by Crippen LogP contribution is -2.19. The Labute approximate surface area is 67.5 Å². The van der Waals surface area contributed by atoms with Crippen LogP contribution in [-0.4, -0.2) is 11.3 Å². The number of hydrogen-bond acceptors (Lipinski definition) is 1. The second-order valence-electron chi connectivity index (χ2n) is 2.21. The summed E-state index contributed by atoms with van der Waals surface area (Å²) in [7, 11) is 0.